The monoisotopic (exact) mass is 356 g/mol. The maximum atomic E-state index is 12.4. The number of hydrogen-bond donors (Lipinski definition) is 1. The standard InChI is InChI=1S/C24H24N2O/c27-23(22-18-24(22)16-7-17-24)26-25-21(14-12-19-8-3-1-4-9-19)15-13-20-10-5-2-6-11-20/h1-6,8-15,22H,7,16-18H2,(H,26,27)/b14-12+,15-13+. The zero-order valence-electron chi connectivity index (χ0n) is 15.3. The van der Waals surface area contributed by atoms with Crippen molar-refractivity contribution in [3.8, 4) is 0 Å². The number of allylic oxidation sites excluding steroid dienone is 2. The van der Waals surface area contributed by atoms with Crippen LogP contribution < -0.4 is 5.43 Å². The lowest BCUT2D eigenvalue weighted by Gasteiger charge is -2.25. The largest absolute Gasteiger partial charge is 0.273 e. The van der Waals surface area contributed by atoms with Gasteiger partial charge in [-0.2, -0.15) is 5.10 Å². The summed E-state index contributed by atoms with van der Waals surface area (Å²) in [7, 11) is 0. The Morgan fingerprint density at radius 1 is 0.926 bits per heavy atom. The molecule has 1 unspecified atom stereocenters. The molecule has 1 spiro atoms. The van der Waals surface area contributed by atoms with E-state index in [1.807, 2.05) is 85.0 Å². The zero-order chi connectivity index (χ0) is 18.5. The van der Waals surface area contributed by atoms with Gasteiger partial charge in [0.05, 0.1) is 5.71 Å². The highest BCUT2D eigenvalue weighted by atomic mass is 16.2. The molecular weight excluding hydrogens is 332 g/mol. The van der Waals surface area contributed by atoms with Gasteiger partial charge in [0.15, 0.2) is 0 Å². The predicted molar refractivity (Wildman–Crippen MR) is 111 cm³/mol. The zero-order valence-corrected chi connectivity index (χ0v) is 15.3. The van der Waals surface area contributed by atoms with Crippen molar-refractivity contribution in [1.29, 1.82) is 0 Å². The van der Waals surface area contributed by atoms with Gasteiger partial charge in [-0.1, -0.05) is 79.2 Å². The molecule has 2 aliphatic carbocycles. The molecule has 0 aromatic heterocycles. The number of hydrazone groups is 1. The first-order valence-corrected chi connectivity index (χ1v) is 9.59. The fourth-order valence-corrected chi connectivity index (χ4v) is 3.72. The fourth-order valence-electron chi connectivity index (χ4n) is 3.72. The number of benzene rings is 2. The van der Waals surface area contributed by atoms with Gasteiger partial charge in [0, 0.05) is 5.92 Å². The molecule has 2 saturated carbocycles. The minimum Gasteiger partial charge on any atom is -0.273 e. The van der Waals surface area contributed by atoms with Crippen molar-refractivity contribution in [2.45, 2.75) is 25.7 Å². The van der Waals surface area contributed by atoms with Crippen LogP contribution in [-0.4, -0.2) is 11.6 Å². The molecule has 0 aliphatic heterocycles. The first-order valence-electron chi connectivity index (χ1n) is 9.59. The van der Waals surface area contributed by atoms with Gasteiger partial charge >= 0.3 is 0 Å². The third-order valence-corrected chi connectivity index (χ3v) is 5.64. The van der Waals surface area contributed by atoms with Crippen molar-refractivity contribution in [2.24, 2.45) is 16.4 Å². The maximum absolute atomic E-state index is 12.4. The summed E-state index contributed by atoms with van der Waals surface area (Å²) in [5, 5.41) is 4.38. The molecule has 2 aromatic rings. The Hall–Kier alpha value is -2.94. The van der Waals surface area contributed by atoms with Crippen LogP contribution in [0.15, 0.2) is 77.9 Å². The molecule has 2 fully saturated rings. The Morgan fingerprint density at radius 3 is 1.93 bits per heavy atom. The van der Waals surface area contributed by atoms with Crippen LogP contribution in [0.4, 0.5) is 0 Å². The maximum Gasteiger partial charge on any atom is 0.243 e. The van der Waals surface area contributed by atoms with Crippen LogP contribution in [0.25, 0.3) is 12.2 Å². The lowest BCUT2D eigenvalue weighted by molar-refractivity contribution is -0.123. The summed E-state index contributed by atoms with van der Waals surface area (Å²) in [4.78, 5) is 12.4. The molecule has 0 bridgehead atoms. The Kier molecular flexibility index (Phi) is 5.01. The third kappa shape index (κ3) is 4.25. The summed E-state index contributed by atoms with van der Waals surface area (Å²) >= 11 is 0. The van der Waals surface area contributed by atoms with Gasteiger partial charge in [-0.3, -0.25) is 4.79 Å². The normalized spacial score (nSPS) is 19.8. The average Bonchev–Trinajstić information content (AvgIpc) is 3.46. The number of hydrogen-bond acceptors (Lipinski definition) is 2. The van der Waals surface area contributed by atoms with Crippen LogP contribution in [0.1, 0.15) is 36.8 Å². The van der Waals surface area contributed by atoms with Gasteiger partial charge in [0.2, 0.25) is 5.91 Å². The van der Waals surface area contributed by atoms with Crippen LogP contribution in [0.3, 0.4) is 0 Å². The van der Waals surface area contributed by atoms with E-state index in [1.165, 1.54) is 19.3 Å². The molecule has 0 radical (unpaired) electrons. The van der Waals surface area contributed by atoms with E-state index in [0.717, 1.165) is 23.3 Å². The number of amides is 1. The van der Waals surface area contributed by atoms with E-state index in [9.17, 15) is 4.79 Å². The van der Waals surface area contributed by atoms with Crippen molar-refractivity contribution < 1.29 is 4.79 Å². The number of carbonyl (C=O) groups is 1. The Balaban J connectivity index is 1.47. The molecule has 27 heavy (non-hydrogen) atoms. The smallest absolute Gasteiger partial charge is 0.243 e. The SMILES string of the molecule is O=C(NN=C(/C=C/c1ccccc1)/C=C/c1ccccc1)C1CC12CCC2. The number of nitrogens with zero attached hydrogens (tertiary/aromatic N) is 1. The van der Waals surface area contributed by atoms with Gasteiger partial charge in [0.1, 0.15) is 0 Å². The summed E-state index contributed by atoms with van der Waals surface area (Å²) in [6, 6.07) is 20.2. The molecule has 4 rings (SSSR count). The number of carbonyl (C=O) groups excluding carboxylic acids is 1. The topological polar surface area (TPSA) is 41.5 Å². The molecule has 2 aliphatic rings. The quantitative estimate of drug-likeness (QED) is 0.569. The van der Waals surface area contributed by atoms with E-state index >= 15 is 0 Å². The Bertz CT molecular complexity index is 826. The second kappa shape index (κ2) is 7.75. The molecule has 1 atom stereocenters. The number of rotatable bonds is 6. The Labute approximate surface area is 160 Å². The van der Waals surface area contributed by atoms with Crippen molar-refractivity contribution in [1.82, 2.24) is 5.43 Å². The first kappa shape index (κ1) is 17.5. The summed E-state index contributed by atoms with van der Waals surface area (Å²) < 4.78 is 0. The molecule has 3 nitrogen and oxygen atoms in total. The van der Waals surface area contributed by atoms with E-state index in [1.54, 1.807) is 0 Å². The molecule has 3 heteroatoms. The highest BCUT2D eigenvalue weighted by Crippen LogP contribution is 2.65. The van der Waals surface area contributed by atoms with Crippen LogP contribution in [0.2, 0.25) is 0 Å². The summed E-state index contributed by atoms with van der Waals surface area (Å²) in [6.07, 6.45) is 12.6. The van der Waals surface area contributed by atoms with Gasteiger partial charge in [-0.05, 0) is 48.0 Å². The van der Waals surface area contributed by atoms with Gasteiger partial charge in [-0.25, -0.2) is 5.43 Å². The summed E-state index contributed by atoms with van der Waals surface area (Å²) in [5.41, 5.74) is 6.02. The summed E-state index contributed by atoms with van der Waals surface area (Å²) in [6.45, 7) is 0. The second-order valence-electron chi connectivity index (χ2n) is 7.47. The first-order chi connectivity index (χ1) is 13.3. The fraction of sp³-hybridized carbons (Fsp3) is 0.250. The molecule has 1 N–H and O–H groups in total. The molecule has 0 heterocycles. The van der Waals surface area contributed by atoms with E-state index in [0.29, 0.717) is 5.41 Å². The molecule has 136 valence electrons. The van der Waals surface area contributed by atoms with Crippen LogP contribution in [0, 0.1) is 11.3 Å². The van der Waals surface area contributed by atoms with Crippen molar-refractivity contribution in [3.05, 3.63) is 83.9 Å². The van der Waals surface area contributed by atoms with Crippen molar-refractivity contribution >= 4 is 23.8 Å². The second-order valence-corrected chi connectivity index (χ2v) is 7.47. The average molecular weight is 356 g/mol. The van der Waals surface area contributed by atoms with Crippen LogP contribution in [-0.2, 0) is 4.79 Å². The lowest BCUT2D eigenvalue weighted by Crippen LogP contribution is -2.26. The van der Waals surface area contributed by atoms with E-state index in [-0.39, 0.29) is 11.8 Å². The van der Waals surface area contributed by atoms with E-state index < -0.39 is 0 Å². The van der Waals surface area contributed by atoms with Gasteiger partial charge < -0.3 is 0 Å². The summed E-state index contributed by atoms with van der Waals surface area (Å²) in [5.74, 6) is 0.223. The van der Waals surface area contributed by atoms with Crippen molar-refractivity contribution in [2.75, 3.05) is 0 Å². The molecular formula is C24H24N2O. The number of nitrogens with one attached hydrogen (secondary N) is 1. The van der Waals surface area contributed by atoms with E-state index in [4.69, 9.17) is 0 Å². The molecule has 0 saturated heterocycles. The van der Waals surface area contributed by atoms with Crippen LogP contribution >= 0.6 is 0 Å². The lowest BCUT2D eigenvalue weighted by atomic mass is 9.80. The third-order valence-electron chi connectivity index (χ3n) is 5.64. The Morgan fingerprint density at radius 2 is 1.48 bits per heavy atom. The van der Waals surface area contributed by atoms with Crippen molar-refractivity contribution in [3.63, 3.8) is 0 Å². The minimum atomic E-state index is 0.0634. The van der Waals surface area contributed by atoms with Gasteiger partial charge in [-0.15, -0.1) is 0 Å². The van der Waals surface area contributed by atoms with Crippen LogP contribution in [0.5, 0.6) is 0 Å². The van der Waals surface area contributed by atoms with E-state index in [2.05, 4.69) is 10.5 Å². The predicted octanol–water partition coefficient (Wildman–Crippen LogP) is 5.08. The highest BCUT2D eigenvalue weighted by molar-refractivity contribution is 6.09. The minimum absolute atomic E-state index is 0.0634. The molecule has 1 amide bonds. The molecule has 2 aromatic carbocycles. The van der Waals surface area contributed by atoms with Gasteiger partial charge in [0.25, 0.3) is 0 Å². The highest BCUT2D eigenvalue weighted by Gasteiger charge is 2.60.